The molecular weight excluding hydrogens is 327 g/mol. The number of likely N-dealkylation sites (tertiary alicyclic amines) is 1. The number of piperidine rings is 1. The Morgan fingerprint density at radius 1 is 1.36 bits per heavy atom. The van der Waals surface area contributed by atoms with Crippen LogP contribution in [0.2, 0.25) is 0 Å². The van der Waals surface area contributed by atoms with Gasteiger partial charge in [0.15, 0.2) is 5.60 Å². The van der Waals surface area contributed by atoms with Gasteiger partial charge in [-0.3, -0.25) is 9.78 Å². The number of hydrogen-bond donors (Lipinski definition) is 2. The van der Waals surface area contributed by atoms with Crippen molar-refractivity contribution >= 4 is 5.91 Å². The van der Waals surface area contributed by atoms with Gasteiger partial charge in [0.05, 0.1) is 0 Å². The van der Waals surface area contributed by atoms with Gasteiger partial charge in [-0.15, -0.1) is 0 Å². The van der Waals surface area contributed by atoms with Crippen LogP contribution in [0.4, 0.5) is 4.39 Å². The Morgan fingerprint density at radius 2 is 2.04 bits per heavy atom. The predicted octanol–water partition coefficient (Wildman–Crippen LogP) is 1.50. The highest BCUT2D eigenvalue weighted by Gasteiger charge is 2.41. The summed E-state index contributed by atoms with van der Waals surface area (Å²) < 4.78 is 19.6. The molecule has 0 aliphatic carbocycles. The van der Waals surface area contributed by atoms with Crippen molar-refractivity contribution < 1.29 is 13.9 Å². The highest BCUT2D eigenvalue weighted by molar-refractivity contribution is 5.86. The number of amides is 1. The second-order valence-electron chi connectivity index (χ2n) is 6.35. The van der Waals surface area contributed by atoms with Gasteiger partial charge in [-0.2, -0.15) is 5.10 Å². The first kappa shape index (κ1) is 17.3. The lowest BCUT2D eigenvalue weighted by Crippen LogP contribution is -2.49. The average molecular weight is 348 g/mol. The Balaban J connectivity index is 1.75. The standard InChI is InChI=1S/C17H21FN4O3/c1-17(25-2,12-5-3-4-6-13(12)18)15(23)22-9-7-11(8-10-22)14-19-16(24)21-20-14/h3-6,11H,7-10H2,1-2H3,(H2,19,20,21,24)/t17-/m0/s1. The van der Waals surface area contributed by atoms with Crippen molar-refractivity contribution in [3.63, 3.8) is 0 Å². The van der Waals surface area contributed by atoms with Crippen molar-refractivity contribution in [3.8, 4) is 0 Å². The number of H-pyrrole nitrogens is 2. The molecule has 2 aromatic rings. The number of halogens is 1. The first-order chi connectivity index (χ1) is 12.0. The maximum atomic E-state index is 14.2. The van der Waals surface area contributed by atoms with Gasteiger partial charge < -0.3 is 9.64 Å². The van der Waals surface area contributed by atoms with Crippen LogP contribution >= 0.6 is 0 Å². The first-order valence-electron chi connectivity index (χ1n) is 8.20. The molecule has 1 fully saturated rings. The third kappa shape index (κ3) is 3.21. The molecule has 7 nitrogen and oxygen atoms in total. The molecule has 1 aromatic carbocycles. The molecule has 2 N–H and O–H groups in total. The number of hydrogen-bond acceptors (Lipinski definition) is 4. The van der Waals surface area contributed by atoms with Crippen LogP contribution < -0.4 is 5.69 Å². The summed E-state index contributed by atoms with van der Waals surface area (Å²) in [5.41, 5.74) is -1.49. The molecule has 0 spiro atoms. The van der Waals surface area contributed by atoms with E-state index < -0.39 is 11.4 Å². The van der Waals surface area contributed by atoms with E-state index in [0.29, 0.717) is 31.8 Å². The van der Waals surface area contributed by atoms with Gasteiger partial charge in [0.1, 0.15) is 11.6 Å². The summed E-state index contributed by atoms with van der Waals surface area (Å²) in [6.07, 6.45) is 1.34. The SMILES string of the molecule is CO[C@](C)(C(=O)N1CCC(c2n[nH]c(=O)[nH]2)CC1)c1ccccc1F. The molecule has 1 saturated heterocycles. The van der Waals surface area contributed by atoms with Crippen molar-refractivity contribution in [2.75, 3.05) is 20.2 Å². The van der Waals surface area contributed by atoms with Gasteiger partial charge in [0.2, 0.25) is 0 Å². The van der Waals surface area contributed by atoms with Crippen molar-refractivity contribution in [1.82, 2.24) is 20.1 Å². The number of aromatic amines is 2. The zero-order chi connectivity index (χ0) is 18.0. The summed E-state index contributed by atoms with van der Waals surface area (Å²) in [4.78, 5) is 28.5. The summed E-state index contributed by atoms with van der Waals surface area (Å²) in [7, 11) is 1.41. The smallest absolute Gasteiger partial charge is 0.340 e. The van der Waals surface area contributed by atoms with E-state index in [1.165, 1.54) is 13.2 Å². The highest BCUT2D eigenvalue weighted by atomic mass is 19.1. The highest BCUT2D eigenvalue weighted by Crippen LogP contribution is 2.32. The van der Waals surface area contributed by atoms with Crippen molar-refractivity contribution in [3.05, 3.63) is 52.0 Å². The second-order valence-corrected chi connectivity index (χ2v) is 6.35. The molecule has 1 atom stereocenters. The molecule has 1 amide bonds. The van der Waals surface area contributed by atoms with Crippen molar-refractivity contribution in [2.45, 2.75) is 31.3 Å². The summed E-state index contributed by atoms with van der Waals surface area (Å²) in [6, 6.07) is 6.15. The molecule has 25 heavy (non-hydrogen) atoms. The lowest BCUT2D eigenvalue weighted by molar-refractivity contribution is -0.155. The molecule has 8 heteroatoms. The molecule has 1 aliphatic heterocycles. The van der Waals surface area contributed by atoms with Crippen LogP contribution in [0.3, 0.4) is 0 Å². The zero-order valence-electron chi connectivity index (χ0n) is 14.2. The number of nitrogens with zero attached hydrogens (tertiary/aromatic N) is 2. The molecule has 3 rings (SSSR count). The molecule has 0 radical (unpaired) electrons. The molecular formula is C17H21FN4O3. The van der Waals surface area contributed by atoms with Crippen LogP contribution in [0.5, 0.6) is 0 Å². The van der Waals surface area contributed by atoms with Gasteiger partial charge >= 0.3 is 5.69 Å². The van der Waals surface area contributed by atoms with E-state index in [1.54, 1.807) is 30.0 Å². The minimum Gasteiger partial charge on any atom is -0.364 e. The van der Waals surface area contributed by atoms with Crippen LogP contribution in [-0.2, 0) is 15.1 Å². The number of ether oxygens (including phenoxy) is 1. The number of carbonyl (C=O) groups is 1. The topological polar surface area (TPSA) is 91.1 Å². The number of methoxy groups -OCH3 is 1. The number of rotatable bonds is 4. The molecule has 134 valence electrons. The summed E-state index contributed by atoms with van der Waals surface area (Å²) in [5.74, 6) is -0.0378. The number of carbonyl (C=O) groups excluding carboxylic acids is 1. The molecule has 1 aliphatic rings. The first-order valence-corrected chi connectivity index (χ1v) is 8.20. The van der Waals surface area contributed by atoms with Crippen LogP contribution in [-0.4, -0.2) is 46.2 Å². The van der Waals surface area contributed by atoms with E-state index in [9.17, 15) is 14.0 Å². The molecule has 0 saturated carbocycles. The Bertz CT molecular complexity index is 810. The maximum Gasteiger partial charge on any atom is 0.340 e. The lowest BCUT2D eigenvalue weighted by Gasteiger charge is -2.37. The fraction of sp³-hybridized carbons (Fsp3) is 0.471. The molecule has 0 bridgehead atoms. The van der Waals surface area contributed by atoms with Crippen LogP contribution in [0, 0.1) is 5.82 Å². The number of aromatic nitrogens is 3. The second kappa shape index (κ2) is 6.79. The number of nitrogens with one attached hydrogen (secondary N) is 2. The van der Waals surface area contributed by atoms with E-state index in [4.69, 9.17) is 4.74 Å². The number of benzene rings is 1. The van der Waals surface area contributed by atoms with E-state index in [0.717, 1.165) is 0 Å². The summed E-state index contributed by atoms with van der Waals surface area (Å²) >= 11 is 0. The third-order valence-corrected chi connectivity index (χ3v) is 4.89. The van der Waals surface area contributed by atoms with Crippen molar-refractivity contribution in [2.24, 2.45) is 0 Å². The predicted molar refractivity (Wildman–Crippen MR) is 88.5 cm³/mol. The molecule has 0 unspecified atom stereocenters. The Morgan fingerprint density at radius 3 is 2.60 bits per heavy atom. The van der Waals surface area contributed by atoms with Gasteiger partial charge in [0.25, 0.3) is 5.91 Å². The monoisotopic (exact) mass is 348 g/mol. The molecule has 2 heterocycles. The fourth-order valence-corrected chi connectivity index (χ4v) is 3.29. The lowest BCUT2D eigenvalue weighted by atomic mass is 9.90. The Kier molecular flexibility index (Phi) is 4.71. The average Bonchev–Trinajstić information content (AvgIpc) is 3.07. The zero-order valence-corrected chi connectivity index (χ0v) is 14.2. The van der Waals surface area contributed by atoms with Gasteiger partial charge in [-0.1, -0.05) is 18.2 Å². The van der Waals surface area contributed by atoms with Gasteiger partial charge in [-0.05, 0) is 25.8 Å². The van der Waals surface area contributed by atoms with Crippen LogP contribution in [0.15, 0.2) is 29.1 Å². The van der Waals surface area contributed by atoms with Gasteiger partial charge in [0, 0.05) is 31.7 Å². The fourth-order valence-electron chi connectivity index (χ4n) is 3.29. The minimum absolute atomic E-state index is 0.0882. The van der Waals surface area contributed by atoms with E-state index in [1.807, 2.05) is 0 Å². The van der Waals surface area contributed by atoms with E-state index >= 15 is 0 Å². The van der Waals surface area contributed by atoms with Crippen LogP contribution in [0.1, 0.15) is 37.1 Å². The van der Waals surface area contributed by atoms with Crippen molar-refractivity contribution in [1.29, 1.82) is 0 Å². The Hall–Kier alpha value is -2.48. The summed E-state index contributed by atoms with van der Waals surface area (Å²) in [6.45, 7) is 2.57. The normalized spacial score (nSPS) is 18.1. The molecule has 1 aromatic heterocycles. The van der Waals surface area contributed by atoms with E-state index in [2.05, 4.69) is 15.2 Å². The Labute approximate surface area is 144 Å². The van der Waals surface area contributed by atoms with E-state index in [-0.39, 0.29) is 23.1 Å². The largest absolute Gasteiger partial charge is 0.364 e. The maximum absolute atomic E-state index is 14.2. The minimum atomic E-state index is -1.38. The quantitative estimate of drug-likeness (QED) is 0.876. The van der Waals surface area contributed by atoms with Crippen LogP contribution in [0.25, 0.3) is 0 Å². The summed E-state index contributed by atoms with van der Waals surface area (Å²) in [5, 5.41) is 6.32. The third-order valence-electron chi connectivity index (χ3n) is 4.89. The van der Waals surface area contributed by atoms with Gasteiger partial charge in [-0.25, -0.2) is 14.3 Å².